The number of fused-ring (bicyclic) bond motifs is 1. The molecule has 2 aliphatic carbocycles. The lowest BCUT2D eigenvalue weighted by atomic mass is 9.54. The molecular weight excluding hydrogens is 310 g/mol. The summed E-state index contributed by atoms with van der Waals surface area (Å²) in [5.74, 6) is 2.68. The minimum absolute atomic E-state index is 0.00533. The lowest BCUT2D eigenvalue weighted by molar-refractivity contribution is -0.156. The zero-order valence-electron chi connectivity index (χ0n) is 15.9. The number of piperidine rings is 1. The van der Waals surface area contributed by atoms with Crippen LogP contribution in [0.4, 0.5) is 0 Å². The Kier molecular flexibility index (Phi) is 3.53. The van der Waals surface area contributed by atoms with Crippen LogP contribution in [-0.4, -0.2) is 43.3 Å². The summed E-state index contributed by atoms with van der Waals surface area (Å²) in [6.45, 7) is 7.99. The van der Waals surface area contributed by atoms with Crippen LogP contribution in [0.25, 0.3) is 0 Å². The van der Waals surface area contributed by atoms with Crippen LogP contribution in [0, 0.1) is 11.8 Å². The van der Waals surface area contributed by atoms with E-state index in [9.17, 15) is 0 Å². The van der Waals surface area contributed by atoms with Gasteiger partial charge in [0.05, 0.1) is 19.3 Å². The Bertz CT molecular complexity index is 681. The molecule has 3 fully saturated rings. The molecule has 3 heteroatoms. The van der Waals surface area contributed by atoms with Crippen molar-refractivity contribution in [2.45, 2.75) is 63.0 Å². The molecular formula is C22H31NO2. The highest BCUT2D eigenvalue weighted by atomic mass is 16.5. The van der Waals surface area contributed by atoms with E-state index in [1.807, 2.05) is 0 Å². The number of ether oxygens (including phenoxy) is 2. The maximum atomic E-state index is 6.41. The van der Waals surface area contributed by atoms with E-state index in [4.69, 9.17) is 9.47 Å². The number of rotatable bonds is 3. The molecule has 3 nitrogen and oxygen atoms in total. The van der Waals surface area contributed by atoms with Gasteiger partial charge in [0, 0.05) is 18.0 Å². The van der Waals surface area contributed by atoms with Crippen molar-refractivity contribution in [2.24, 2.45) is 11.8 Å². The van der Waals surface area contributed by atoms with Gasteiger partial charge in [0.2, 0.25) is 0 Å². The topological polar surface area (TPSA) is 21.7 Å². The van der Waals surface area contributed by atoms with Crippen molar-refractivity contribution in [2.75, 3.05) is 26.8 Å². The normalized spacial score (nSPS) is 36.4. The van der Waals surface area contributed by atoms with Crippen LogP contribution in [-0.2, 0) is 16.6 Å². The Morgan fingerprint density at radius 3 is 2.88 bits per heavy atom. The number of benzene rings is 1. The average molecular weight is 341 g/mol. The molecule has 0 aromatic heterocycles. The number of likely N-dealkylation sites (tertiary alicyclic amines) is 1. The zero-order chi connectivity index (χ0) is 17.2. The van der Waals surface area contributed by atoms with Crippen LogP contribution >= 0.6 is 0 Å². The molecule has 1 aromatic carbocycles. The predicted octanol–water partition coefficient (Wildman–Crippen LogP) is 3.79. The number of nitrogens with zero attached hydrogens (tertiary/aromatic N) is 1. The van der Waals surface area contributed by atoms with Crippen molar-refractivity contribution in [1.82, 2.24) is 4.90 Å². The van der Waals surface area contributed by atoms with Crippen LogP contribution in [0.3, 0.4) is 0 Å². The van der Waals surface area contributed by atoms with Gasteiger partial charge in [-0.25, -0.2) is 0 Å². The van der Waals surface area contributed by atoms with E-state index >= 15 is 0 Å². The van der Waals surface area contributed by atoms with E-state index in [-0.39, 0.29) is 11.0 Å². The summed E-state index contributed by atoms with van der Waals surface area (Å²) in [6, 6.07) is 7.47. The molecule has 136 valence electrons. The maximum absolute atomic E-state index is 6.41. The van der Waals surface area contributed by atoms with E-state index in [0.29, 0.717) is 12.0 Å². The van der Waals surface area contributed by atoms with Crippen LogP contribution < -0.4 is 4.74 Å². The fourth-order valence-electron chi connectivity index (χ4n) is 5.83. The molecule has 25 heavy (non-hydrogen) atoms. The lowest BCUT2D eigenvalue weighted by Gasteiger charge is -2.61. The minimum atomic E-state index is 0.00533. The van der Waals surface area contributed by atoms with Gasteiger partial charge in [-0.15, -0.1) is 0 Å². The van der Waals surface area contributed by atoms with Crippen molar-refractivity contribution in [3.8, 4) is 5.75 Å². The first-order valence-electron chi connectivity index (χ1n) is 10.1. The molecule has 0 amide bonds. The summed E-state index contributed by atoms with van der Waals surface area (Å²) in [7, 11) is 1.78. The van der Waals surface area contributed by atoms with E-state index < -0.39 is 0 Å². The molecule has 2 bridgehead atoms. The van der Waals surface area contributed by atoms with E-state index in [1.54, 1.807) is 7.11 Å². The second kappa shape index (κ2) is 5.47. The van der Waals surface area contributed by atoms with Crippen LogP contribution in [0.2, 0.25) is 0 Å². The van der Waals surface area contributed by atoms with Gasteiger partial charge >= 0.3 is 0 Å². The van der Waals surface area contributed by atoms with Crippen molar-refractivity contribution >= 4 is 0 Å². The average Bonchev–Trinajstić information content (AvgIpc) is 3.40. The van der Waals surface area contributed by atoms with Crippen molar-refractivity contribution in [3.05, 3.63) is 29.3 Å². The Labute approximate surface area is 151 Å². The molecule has 4 aliphatic rings. The molecule has 3 atom stereocenters. The molecule has 1 saturated carbocycles. The van der Waals surface area contributed by atoms with Crippen LogP contribution in [0.5, 0.6) is 5.75 Å². The second-order valence-corrected chi connectivity index (χ2v) is 9.50. The highest BCUT2D eigenvalue weighted by Crippen LogP contribution is 2.55. The predicted molar refractivity (Wildman–Crippen MR) is 99.2 cm³/mol. The van der Waals surface area contributed by atoms with Gasteiger partial charge in [0.15, 0.2) is 0 Å². The molecule has 5 rings (SSSR count). The highest BCUT2D eigenvalue weighted by Gasteiger charge is 2.57. The molecule has 0 spiro atoms. The first kappa shape index (κ1) is 16.1. The van der Waals surface area contributed by atoms with Crippen LogP contribution in [0.15, 0.2) is 18.2 Å². The molecule has 0 unspecified atom stereocenters. The number of hydrogen-bond acceptors (Lipinski definition) is 3. The molecule has 2 heterocycles. The number of methoxy groups -OCH3 is 1. The van der Waals surface area contributed by atoms with Crippen molar-refractivity contribution in [3.63, 3.8) is 0 Å². The lowest BCUT2D eigenvalue weighted by Crippen LogP contribution is -2.65. The summed E-state index contributed by atoms with van der Waals surface area (Å²) in [6.07, 6.45) is 6.50. The molecule has 1 aromatic rings. The van der Waals surface area contributed by atoms with Gasteiger partial charge in [-0.3, -0.25) is 4.90 Å². The van der Waals surface area contributed by atoms with Crippen LogP contribution in [0.1, 0.15) is 50.7 Å². The zero-order valence-corrected chi connectivity index (χ0v) is 15.9. The quantitative estimate of drug-likeness (QED) is 0.835. The van der Waals surface area contributed by atoms with Gasteiger partial charge < -0.3 is 9.47 Å². The van der Waals surface area contributed by atoms with Gasteiger partial charge in [0.1, 0.15) is 5.75 Å². The Morgan fingerprint density at radius 1 is 1.28 bits per heavy atom. The van der Waals surface area contributed by atoms with Gasteiger partial charge in [-0.2, -0.15) is 0 Å². The van der Waals surface area contributed by atoms with Crippen molar-refractivity contribution < 1.29 is 9.47 Å². The maximum Gasteiger partial charge on any atom is 0.119 e. The molecule has 0 N–H and O–H groups in total. The largest absolute Gasteiger partial charge is 0.497 e. The SMILES string of the molecule is COc1ccc2c(c1)[C@]13CCN(CC4CC4)[C@H](C2)[C@@H]1CC(C)(C)OC3. The first-order chi connectivity index (χ1) is 12.0. The highest BCUT2D eigenvalue weighted by molar-refractivity contribution is 5.46. The monoisotopic (exact) mass is 341 g/mol. The minimum Gasteiger partial charge on any atom is -0.497 e. The smallest absolute Gasteiger partial charge is 0.119 e. The van der Waals surface area contributed by atoms with Crippen molar-refractivity contribution in [1.29, 1.82) is 0 Å². The van der Waals surface area contributed by atoms with Gasteiger partial charge in [0.25, 0.3) is 0 Å². The summed E-state index contributed by atoms with van der Waals surface area (Å²) < 4.78 is 12.0. The summed E-state index contributed by atoms with van der Waals surface area (Å²) in [4.78, 5) is 2.84. The van der Waals surface area contributed by atoms with E-state index in [0.717, 1.165) is 18.3 Å². The molecule has 2 aliphatic heterocycles. The fourth-order valence-corrected chi connectivity index (χ4v) is 5.83. The first-order valence-corrected chi connectivity index (χ1v) is 10.1. The Balaban J connectivity index is 1.58. The fraction of sp³-hybridized carbons (Fsp3) is 0.727. The standard InChI is InChI=1S/C22H31NO2/c1-21(2)12-19-20-10-16-6-7-17(24-3)11-18(16)22(19,14-25-21)8-9-23(20)13-15-4-5-15/h6-7,11,15,19-20H,4-5,8-10,12-14H2,1-3H3/t19-,20+,22+/m0/s1. The summed E-state index contributed by atoms with van der Waals surface area (Å²) in [5.41, 5.74) is 3.26. The van der Waals surface area contributed by atoms with E-state index in [1.165, 1.54) is 56.3 Å². The van der Waals surface area contributed by atoms with Gasteiger partial charge in [-0.05, 0) is 87.6 Å². The summed E-state index contributed by atoms with van der Waals surface area (Å²) >= 11 is 0. The van der Waals surface area contributed by atoms with E-state index in [2.05, 4.69) is 36.9 Å². The Hall–Kier alpha value is -1.06. The third-order valence-electron chi connectivity index (χ3n) is 7.39. The molecule has 0 radical (unpaired) electrons. The third kappa shape index (κ3) is 2.54. The summed E-state index contributed by atoms with van der Waals surface area (Å²) in [5, 5.41) is 0. The second-order valence-electron chi connectivity index (χ2n) is 9.50. The number of hydrogen-bond donors (Lipinski definition) is 0. The molecule has 2 saturated heterocycles. The Morgan fingerprint density at radius 2 is 2.12 bits per heavy atom. The van der Waals surface area contributed by atoms with Gasteiger partial charge in [-0.1, -0.05) is 6.07 Å². The third-order valence-corrected chi connectivity index (χ3v) is 7.39.